The van der Waals surface area contributed by atoms with Crippen molar-refractivity contribution in [2.75, 3.05) is 0 Å². The van der Waals surface area contributed by atoms with Crippen molar-refractivity contribution in [3.63, 3.8) is 0 Å². The number of aryl methyl sites for hydroxylation is 3. The molecule has 13 heavy (non-hydrogen) atoms. The second-order valence-corrected chi connectivity index (χ2v) is 3.42. The molecule has 0 spiro atoms. The third-order valence-electron chi connectivity index (χ3n) is 2.23. The van der Waals surface area contributed by atoms with Crippen LogP contribution in [-0.4, -0.2) is 0 Å². The van der Waals surface area contributed by atoms with Crippen LogP contribution in [0.1, 0.15) is 29.2 Å². The Hall–Kier alpha value is -0.820. The second-order valence-electron chi connectivity index (χ2n) is 3.42. The van der Waals surface area contributed by atoms with Gasteiger partial charge in [-0.2, -0.15) is 0 Å². The Morgan fingerprint density at radius 3 is 2.15 bits per heavy atom. The summed E-state index contributed by atoms with van der Waals surface area (Å²) < 4.78 is 5.30. The molecule has 71 valence electrons. The average Bonchev–Trinajstić information content (AvgIpc) is 2.02. The summed E-state index contributed by atoms with van der Waals surface area (Å²) in [6.45, 7) is 10.7. The maximum Gasteiger partial charge on any atom is 0.0810 e. The number of hydrogen-bond donors (Lipinski definition) is 0. The smallest absolute Gasteiger partial charge is 0.0810 e. The van der Waals surface area contributed by atoms with E-state index >= 15 is 0 Å². The van der Waals surface area contributed by atoms with Crippen molar-refractivity contribution in [1.29, 1.82) is 0 Å². The lowest BCUT2D eigenvalue weighted by Crippen LogP contribution is -1.96. The van der Waals surface area contributed by atoms with E-state index < -0.39 is 0 Å². The van der Waals surface area contributed by atoms with Crippen LogP contribution in [0.15, 0.2) is 12.1 Å². The van der Waals surface area contributed by atoms with Gasteiger partial charge in [0.15, 0.2) is 0 Å². The molecule has 0 N–H and O–H groups in total. The molecule has 1 aromatic carbocycles. The second kappa shape index (κ2) is 4.43. The van der Waals surface area contributed by atoms with Crippen molar-refractivity contribution in [2.24, 2.45) is 0 Å². The molecule has 0 heterocycles. The van der Waals surface area contributed by atoms with Crippen LogP contribution in [0, 0.1) is 27.4 Å². The van der Waals surface area contributed by atoms with Crippen LogP contribution < -0.4 is 0 Å². The standard InChI is InChI=1S/C12H17O/c1-5-13-8-12-10(3)6-9(2)7-11(12)4/h5-7H,8H2,1-4H3. The molecule has 1 rings (SSSR count). The first kappa shape index (κ1) is 10.3. The van der Waals surface area contributed by atoms with Crippen LogP contribution in [0.3, 0.4) is 0 Å². The molecule has 0 unspecified atom stereocenters. The van der Waals surface area contributed by atoms with Gasteiger partial charge >= 0.3 is 0 Å². The lowest BCUT2D eigenvalue weighted by Gasteiger charge is -2.10. The maximum absolute atomic E-state index is 5.30. The molecular weight excluding hydrogens is 160 g/mol. The topological polar surface area (TPSA) is 9.23 Å². The molecule has 1 aromatic rings. The summed E-state index contributed by atoms with van der Waals surface area (Å²) in [7, 11) is 0. The molecule has 0 aliphatic heterocycles. The minimum Gasteiger partial charge on any atom is -0.371 e. The molecule has 1 heteroatoms. The van der Waals surface area contributed by atoms with Crippen LogP contribution in [0.2, 0.25) is 0 Å². The van der Waals surface area contributed by atoms with Gasteiger partial charge in [-0.1, -0.05) is 17.7 Å². The predicted octanol–water partition coefficient (Wildman–Crippen LogP) is 3.31. The maximum atomic E-state index is 5.30. The van der Waals surface area contributed by atoms with Gasteiger partial charge in [-0.15, -0.1) is 0 Å². The van der Waals surface area contributed by atoms with Gasteiger partial charge in [0.25, 0.3) is 0 Å². The summed E-state index contributed by atoms with van der Waals surface area (Å²) in [4.78, 5) is 0. The summed E-state index contributed by atoms with van der Waals surface area (Å²) in [5.41, 5.74) is 5.27. The monoisotopic (exact) mass is 177 g/mol. The SMILES string of the molecule is C[CH]OCc1c(C)cc(C)cc1C. The minimum absolute atomic E-state index is 0.689. The number of benzene rings is 1. The highest BCUT2D eigenvalue weighted by Crippen LogP contribution is 2.17. The highest BCUT2D eigenvalue weighted by molar-refractivity contribution is 5.36. The van der Waals surface area contributed by atoms with Crippen molar-refractivity contribution in [1.82, 2.24) is 0 Å². The summed E-state index contributed by atoms with van der Waals surface area (Å²) in [6.07, 6.45) is 0. The summed E-state index contributed by atoms with van der Waals surface area (Å²) >= 11 is 0. The van der Waals surface area contributed by atoms with Gasteiger partial charge in [0.05, 0.1) is 13.2 Å². The van der Waals surface area contributed by atoms with Crippen LogP contribution >= 0.6 is 0 Å². The van der Waals surface area contributed by atoms with E-state index in [0.29, 0.717) is 6.61 Å². The first-order valence-corrected chi connectivity index (χ1v) is 4.61. The van der Waals surface area contributed by atoms with Gasteiger partial charge in [-0.05, 0) is 44.4 Å². The lowest BCUT2D eigenvalue weighted by atomic mass is 10.0. The molecule has 0 saturated carbocycles. The quantitative estimate of drug-likeness (QED) is 0.688. The van der Waals surface area contributed by atoms with E-state index in [2.05, 4.69) is 32.9 Å². The van der Waals surface area contributed by atoms with Crippen molar-refractivity contribution in [3.8, 4) is 0 Å². The van der Waals surface area contributed by atoms with Crippen LogP contribution in [0.5, 0.6) is 0 Å². The van der Waals surface area contributed by atoms with Crippen LogP contribution in [-0.2, 0) is 11.3 Å². The summed E-state index contributed by atoms with van der Waals surface area (Å²) in [6, 6.07) is 4.39. The fourth-order valence-electron chi connectivity index (χ4n) is 1.60. The highest BCUT2D eigenvalue weighted by atomic mass is 16.5. The molecular formula is C12H17O. The predicted molar refractivity (Wildman–Crippen MR) is 55.4 cm³/mol. The van der Waals surface area contributed by atoms with Gasteiger partial charge in [0.2, 0.25) is 0 Å². The van der Waals surface area contributed by atoms with E-state index in [1.54, 1.807) is 6.61 Å². The van der Waals surface area contributed by atoms with E-state index in [0.717, 1.165) is 0 Å². The third-order valence-corrected chi connectivity index (χ3v) is 2.23. The number of hydrogen-bond acceptors (Lipinski definition) is 1. The third kappa shape index (κ3) is 2.56. The Morgan fingerprint density at radius 1 is 1.15 bits per heavy atom. The van der Waals surface area contributed by atoms with Crippen molar-refractivity contribution in [3.05, 3.63) is 41.0 Å². The van der Waals surface area contributed by atoms with E-state index in [4.69, 9.17) is 4.74 Å². The van der Waals surface area contributed by atoms with Crippen LogP contribution in [0.4, 0.5) is 0 Å². The molecule has 0 aromatic heterocycles. The summed E-state index contributed by atoms with van der Waals surface area (Å²) in [5.74, 6) is 0. The van der Waals surface area contributed by atoms with E-state index in [1.165, 1.54) is 22.3 Å². The van der Waals surface area contributed by atoms with E-state index in [9.17, 15) is 0 Å². The highest BCUT2D eigenvalue weighted by Gasteiger charge is 2.02. The van der Waals surface area contributed by atoms with Gasteiger partial charge in [0, 0.05) is 0 Å². The zero-order valence-corrected chi connectivity index (χ0v) is 8.85. The van der Waals surface area contributed by atoms with Gasteiger partial charge in [-0.3, -0.25) is 0 Å². The molecule has 0 bridgehead atoms. The Kier molecular flexibility index (Phi) is 3.49. The largest absolute Gasteiger partial charge is 0.371 e. The fourth-order valence-corrected chi connectivity index (χ4v) is 1.60. The average molecular weight is 177 g/mol. The van der Waals surface area contributed by atoms with Crippen LogP contribution in [0.25, 0.3) is 0 Å². The number of rotatable bonds is 3. The molecule has 0 saturated heterocycles. The van der Waals surface area contributed by atoms with Crippen molar-refractivity contribution < 1.29 is 4.74 Å². The van der Waals surface area contributed by atoms with Crippen molar-refractivity contribution >= 4 is 0 Å². The molecule has 0 amide bonds. The molecule has 1 nitrogen and oxygen atoms in total. The molecule has 0 aliphatic rings. The van der Waals surface area contributed by atoms with Gasteiger partial charge in [-0.25, -0.2) is 0 Å². The summed E-state index contributed by atoms with van der Waals surface area (Å²) in [5, 5.41) is 0. The normalized spacial score (nSPS) is 10.5. The molecule has 0 aliphatic carbocycles. The number of ether oxygens (including phenoxy) is 1. The fraction of sp³-hybridized carbons (Fsp3) is 0.417. The van der Waals surface area contributed by atoms with E-state index in [-0.39, 0.29) is 0 Å². The first-order chi connectivity index (χ1) is 6.15. The molecule has 1 radical (unpaired) electrons. The van der Waals surface area contributed by atoms with Gasteiger partial charge < -0.3 is 4.74 Å². The molecule has 0 atom stereocenters. The first-order valence-electron chi connectivity index (χ1n) is 4.61. The Morgan fingerprint density at radius 2 is 1.69 bits per heavy atom. The Bertz CT molecular complexity index is 266. The minimum atomic E-state index is 0.689. The zero-order valence-electron chi connectivity index (χ0n) is 8.85. The Balaban J connectivity index is 2.92. The zero-order chi connectivity index (χ0) is 9.84. The van der Waals surface area contributed by atoms with E-state index in [1.807, 2.05) is 6.92 Å². The Labute approximate surface area is 80.7 Å². The molecule has 0 fully saturated rings. The van der Waals surface area contributed by atoms with Gasteiger partial charge in [0.1, 0.15) is 0 Å². The lowest BCUT2D eigenvalue weighted by molar-refractivity contribution is 0.190. The van der Waals surface area contributed by atoms with Crippen molar-refractivity contribution in [2.45, 2.75) is 34.3 Å².